The van der Waals surface area contributed by atoms with Gasteiger partial charge in [0, 0.05) is 37.5 Å². The Labute approximate surface area is 179 Å². The Morgan fingerprint density at radius 1 is 1.32 bits per heavy atom. The Morgan fingerprint density at radius 3 is 2.84 bits per heavy atom. The lowest BCUT2D eigenvalue weighted by molar-refractivity contribution is -0.128. The van der Waals surface area contributed by atoms with Crippen LogP contribution in [0.1, 0.15) is 24.0 Å². The summed E-state index contributed by atoms with van der Waals surface area (Å²) in [6, 6.07) is 9.61. The molecular weight excluding hydrogens is 397 g/mol. The number of guanidine groups is 1. The van der Waals surface area contributed by atoms with Gasteiger partial charge in [-0.2, -0.15) is 10.4 Å². The number of nitriles is 1. The molecule has 0 aliphatic carbocycles. The lowest BCUT2D eigenvalue weighted by atomic mass is 10.0. The maximum absolute atomic E-state index is 13.4. The fourth-order valence-electron chi connectivity index (χ4n) is 3.81. The predicted octanol–water partition coefficient (Wildman–Crippen LogP) is 1.90. The fraction of sp³-hybridized carbons (Fsp3) is 0.318. The quantitative estimate of drug-likeness (QED) is 0.346. The van der Waals surface area contributed by atoms with Crippen molar-refractivity contribution >= 4 is 17.6 Å². The number of likely N-dealkylation sites (tertiary alicyclic amines) is 1. The first-order valence-electron chi connectivity index (χ1n) is 10.2. The van der Waals surface area contributed by atoms with Crippen LogP contribution in [0.15, 0.2) is 58.9 Å². The van der Waals surface area contributed by atoms with E-state index in [0.717, 1.165) is 17.5 Å². The number of rotatable bonds is 5. The zero-order valence-electron chi connectivity index (χ0n) is 16.9. The lowest BCUT2D eigenvalue weighted by Crippen LogP contribution is -2.45. The summed E-state index contributed by atoms with van der Waals surface area (Å²) in [5.41, 5.74) is 2.44. The van der Waals surface area contributed by atoms with Crippen LogP contribution in [-0.2, 0) is 11.2 Å². The third kappa shape index (κ3) is 4.69. The molecule has 1 aromatic carbocycles. The molecule has 2 aliphatic heterocycles. The summed E-state index contributed by atoms with van der Waals surface area (Å²) >= 11 is 0. The van der Waals surface area contributed by atoms with Crippen molar-refractivity contribution in [3.63, 3.8) is 0 Å². The van der Waals surface area contributed by atoms with Gasteiger partial charge in [0.05, 0.1) is 18.3 Å². The average molecular weight is 419 g/mol. The molecular formula is C22H22FN7O. The molecule has 2 aromatic rings. The Balaban J connectivity index is 1.59. The highest BCUT2D eigenvalue weighted by molar-refractivity contribution is 6.08. The Bertz CT molecular complexity index is 1030. The Kier molecular flexibility index (Phi) is 6.17. The minimum atomic E-state index is -0.336. The smallest absolute Gasteiger partial charge is 0.228 e. The second-order valence-electron chi connectivity index (χ2n) is 7.33. The van der Waals surface area contributed by atoms with E-state index in [1.165, 1.54) is 12.1 Å². The van der Waals surface area contributed by atoms with Gasteiger partial charge in [0.2, 0.25) is 11.9 Å². The number of hydrogen-bond acceptors (Lipinski definition) is 5. The van der Waals surface area contributed by atoms with E-state index >= 15 is 0 Å². The second-order valence-corrected chi connectivity index (χ2v) is 7.33. The fourth-order valence-corrected chi connectivity index (χ4v) is 3.81. The summed E-state index contributed by atoms with van der Waals surface area (Å²) < 4.78 is 13.4. The molecule has 0 saturated carbocycles. The van der Waals surface area contributed by atoms with Gasteiger partial charge in [-0.3, -0.25) is 20.1 Å². The van der Waals surface area contributed by atoms with E-state index in [4.69, 9.17) is 0 Å². The highest BCUT2D eigenvalue weighted by Crippen LogP contribution is 2.24. The molecule has 1 atom stereocenters. The molecule has 1 N–H and O–H groups in total. The van der Waals surface area contributed by atoms with Crippen LogP contribution in [0.3, 0.4) is 0 Å². The van der Waals surface area contributed by atoms with E-state index in [-0.39, 0.29) is 17.8 Å². The zero-order valence-corrected chi connectivity index (χ0v) is 16.9. The number of carbonyl (C=O) groups is 1. The highest BCUT2D eigenvalue weighted by atomic mass is 19.1. The van der Waals surface area contributed by atoms with E-state index in [1.807, 2.05) is 23.2 Å². The van der Waals surface area contributed by atoms with Crippen LogP contribution in [0.5, 0.6) is 0 Å². The maximum atomic E-state index is 13.4. The monoisotopic (exact) mass is 419 g/mol. The second kappa shape index (κ2) is 9.34. The third-order valence-electron chi connectivity index (χ3n) is 5.31. The van der Waals surface area contributed by atoms with Gasteiger partial charge >= 0.3 is 0 Å². The van der Waals surface area contributed by atoms with Crippen molar-refractivity contribution in [2.45, 2.75) is 25.3 Å². The number of nitrogens with one attached hydrogen (secondary N) is 1. The van der Waals surface area contributed by atoms with Gasteiger partial charge in [-0.05, 0) is 36.6 Å². The highest BCUT2D eigenvalue weighted by Gasteiger charge is 2.38. The molecule has 158 valence electrons. The summed E-state index contributed by atoms with van der Waals surface area (Å²) in [6.45, 7) is 1.47. The number of halogens is 1. The molecule has 0 spiro atoms. The van der Waals surface area contributed by atoms with E-state index in [9.17, 15) is 14.4 Å². The lowest BCUT2D eigenvalue weighted by Gasteiger charge is -2.25. The summed E-state index contributed by atoms with van der Waals surface area (Å²) in [5, 5.41) is 18.1. The molecule has 1 saturated heterocycles. The standard InChI is InChI=1S/C22H22FN7O/c23-18-7-5-17(6-8-18)21-19(29-12-2-4-20(29)31)14-30(28-21)22(27-15-24)26-11-9-16-3-1-10-25-13-16/h1,3,5-8,10,13,19H,2,4,9,11-12,14H2,(H,26,27). The minimum absolute atomic E-state index is 0.0740. The number of amides is 1. The first-order valence-corrected chi connectivity index (χ1v) is 10.2. The molecule has 0 radical (unpaired) electrons. The molecule has 1 unspecified atom stereocenters. The molecule has 1 fully saturated rings. The first-order chi connectivity index (χ1) is 15.2. The molecule has 8 nitrogen and oxygen atoms in total. The largest absolute Gasteiger partial charge is 0.332 e. The number of hydrogen-bond donors (Lipinski definition) is 1. The molecule has 3 heterocycles. The number of aliphatic imine (C=N–C) groups is 1. The average Bonchev–Trinajstić information content (AvgIpc) is 3.40. The number of pyridine rings is 1. The van der Waals surface area contributed by atoms with Crippen molar-refractivity contribution in [3.8, 4) is 6.19 Å². The van der Waals surface area contributed by atoms with Gasteiger partial charge in [-0.25, -0.2) is 9.40 Å². The molecule has 2 aliphatic rings. The maximum Gasteiger partial charge on any atom is 0.228 e. The van der Waals surface area contributed by atoms with Crippen molar-refractivity contribution in [2.24, 2.45) is 10.1 Å². The molecule has 1 amide bonds. The van der Waals surface area contributed by atoms with Crippen molar-refractivity contribution in [1.29, 1.82) is 5.26 Å². The number of benzene rings is 1. The van der Waals surface area contributed by atoms with Crippen LogP contribution >= 0.6 is 0 Å². The van der Waals surface area contributed by atoms with Crippen molar-refractivity contribution in [3.05, 3.63) is 65.7 Å². The van der Waals surface area contributed by atoms with Gasteiger partial charge in [0.25, 0.3) is 0 Å². The number of hydrazone groups is 1. The van der Waals surface area contributed by atoms with Crippen LogP contribution in [0.4, 0.5) is 4.39 Å². The van der Waals surface area contributed by atoms with E-state index in [2.05, 4.69) is 20.4 Å². The number of nitrogens with zero attached hydrogens (tertiary/aromatic N) is 6. The van der Waals surface area contributed by atoms with Crippen LogP contribution in [0.25, 0.3) is 0 Å². The van der Waals surface area contributed by atoms with Crippen molar-refractivity contribution < 1.29 is 9.18 Å². The Morgan fingerprint density at radius 2 is 2.16 bits per heavy atom. The number of carbonyl (C=O) groups excluding carboxylic acids is 1. The predicted molar refractivity (Wildman–Crippen MR) is 113 cm³/mol. The number of aromatic nitrogens is 1. The van der Waals surface area contributed by atoms with E-state index < -0.39 is 0 Å². The molecule has 1 aromatic heterocycles. The molecule has 0 bridgehead atoms. The first kappa shape index (κ1) is 20.5. The van der Waals surface area contributed by atoms with Gasteiger partial charge < -0.3 is 4.90 Å². The van der Waals surface area contributed by atoms with E-state index in [0.29, 0.717) is 44.1 Å². The van der Waals surface area contributed by atoms with Gasteiger partial charge in [-0.15, -0.1) is 0 Å². The zero-order chi connectivity index (χ0) is 21.6. The van der Waals surface area contributed by atoms with Crippen molar-refractivity contribution in [1.82, 2.24) is 20.2 Å². The summed E-state index contributed by atoms with van der Waals surface area (Å²) in [5.74, 6) is 0.0573. The molecule has 31 heavy (non-hydrogen) atoms. The minimum Gasteiger partial charge on any atom is -0.332 e. The SMILES string of the molecule is N#CNC(=NCCc1cccnc1)N1CC(N2CCCC2=O)C(c2ccc(F)cc2)=N1. The summed E-state index contributed by atoms with van der Waals surface area (Å²) in [7, 11) is 0. The van der Waals surface area contributed by atoms with Gasteiger partial charge in [0.15, 0.2) is 6.19 Å². The van der Waals surface area contributed by atoms with Crippen LogP contribution in [0.2, 0.25) is 0 Å². The van der Waals surface area contributed by atoms with Gasteiger partial charge in [-0.1, -0.05) is 18.2 Å². The van der Waals surface area contributed by atoms with Gasteiger partial charge in [0.1, 0.15) is 5.82 Å². The third-order valence-corrected chi connectivity index (χ3v) is 5.31. The van der Waals surface area contributed by atoms with Crippen LogP contribution in [-0.4, -0.2) is 58.1 Å². The Hall–Kier alpha value is -3.80. The normalized spacial score (nSPS) is 18.8. The van der Waals surface area contributed by atoms with Crippen molar-refractivity contribution in [2.75, 3.05) is 19.6 Å². The summed E-state index contributed by atoms with van der Waals surface area (Å²) in [6.07, 6.45) is 7.39. The summed E-state index contributed by atoms with van der Waals surface area (Å²) in [4.78, 5) is 22.8. The molecule has 4 rings (SSSR count). The topological polar surface area (TPSA) is 97.0 Å². The van der Waals surface area contributed by atoms with Crippen LogP contribution < -0.4 is 5.32 Å². The van der Waals surface area contributed by atoms with E-state index in [1.54, 1.807) is 29.5 Å². The molecule has 9 heteroatoms. The van der Waals surface area contributed by atoms with Crippen LogP contribution in [0, 0.1) is 17.3 Å².